The Kier molecular flexibility index (Phi) is 6.67. The van der Waals surface area contributed by atoms with Crippen LogP contribution < -0.4 is 0 Å². The van der Waals surface area contributed by atoms with Crippen LogP contribution in [0.2, 0.25) is 0 Å². The average molecular weight is 385 g/mol. The Bertz CT molecular complexity index is 707. The van der Waals surface area contributed by atoms with Gasteiger partial charge in [-0.3, -0.25) is 9.80 Å². The molecule has 7 nitrogen and oxygen atoms in total. The van der Waals surface area contributed by atoms with Gasteiger partial charge in [0.2, 0.25) is 0 Å². The topological polar surface area (TPSA) is 59.3 Å². The van der Waals surface area contributed by atoms with E-state index < -0.39 is 0 Å². The van der Waals surface area contributed by atoms with Crippen molar-refractivity contribution in [2.45, 2.75) is 57.8 Å². The summed E-state index contributed by atoms with van der Waals surface area (Å²) in [6.45, 7) is 9.20. The first kappa shape index (κ1) is 19.5. The van der Waals surface area contributed by atoms with Gasteiger partial charge in [0, 0.05) is 39.3 Å². The Morgan fingerprint density at radius 1 is 1.14 bits per heavy atom. The van der Waals surface area contributed by atoms with E-state index in [9.17, 15) is 0 Å². The number of hydrogen-bond donors (Lipinski definition) is 0. The van der Waals surface area contributed by atoms with Crippen molar-refractivity contribution >= 4 is 0 Å². The van der Waals surface area contributed by atoms with Gasteiger partial charge < -0.3 is 4.74 Å². The smallest absolute Gasteiger partial charge is 0.168 e. The molecule has 0 spiro atoms. The van der Waals surface area contributed by atoms with Crippen LogP contribution in [0.5, 0.6) is 0 Å². The SMILES string of the molecule is CCC[C@@H](c1nnnn1C[C@@H]1CCCO1)N1CCN(Cc2ccccc2)CC1. The van der Waals surface area contributed by atoms with E-state index in [1.165, 1.54) is 5.56 Å². The van der Waals surface area contributed by atoms with Crippen LogP contribution in [-0.4, -0.2) is 68.9 Å². The highest BCUT2D eigenvalue weighted by atomic mass is 16.5. The molecule has 2 atom stereocenters. The van der Waals surface area contributed by atoms with Crippen molar-refractivity contribution in [3.63, 3.8) is 0 Å². The minimum Gasteiger partial charge on any atom is -0.376 e. The molecular weight excluding hydrogens is 352 g/mol. The molecule has 0 amide bonds. The summed E-state index contributed by atoms with van der Waals surface area (Å²) in [7, 11) is 0. The summed E-state index contributed by atoms with van der Waals surface area (Å²) in [5, 5.41) is 12.7. The molecule has 3 heterocycles. The van der Waals surface area contributed by atoms with Crippen LogP contribution in [0.1, 0.15) is 50.0 Å². The number of tetrazole rings is 1. The summed E-state index contributed by atoms with van der Waals surface area (Å²) in [5.41, 5.74) is 1.39. The Morgan fingerprint density at radius 3 is 2.68 bits per heavy atom. The van der Waals surface area contributed by atoms with E-state index >= 15 is 0 Å². The van der Waals surface area contributed by atoms with E-state index in [1.54, 1.807) is 0 Å². The Balaban J connectivity index is 1.38. The minimum absolute atomic E-state index is 0.257. The Morgan fingerprint density at radius 2 is 1.96 bits per heavy atom. The monoisotopic (exact) mass is 384 g/mol. The van der Waals surface area contributed by atoms with Crippen molar-refractivity contribution in [2.24, 2.45) is 0 Å². The third kappa shape index (κ3) is 4.77. The highest BCUT2D eigenvalue weighted by Crippen LogP contribution is 2.26. The Labute approximate surface area is 167 Å². The third-order valence-electron chi connectivity index (χ3n) is 5.92. The highest BCUT2D eigenvalue weighted by molar-refractivity contribution is 5.14. The minimum atomic E-state index is 0.257. The summed E-state index contributed by atoms with van der Waals surface area (Å²) in [6.07, 6.45) is 4.72. The molecule has 0 bridgehead atoms. The molecule has 0 unspecified atom stereocenters. The molecule has 2 aromatic rings. The largest absolute Gasteiger partial charge is 0.376 e. The van der Waals surface area contributed by atoms with Crippen LogP contribution in [0.25, 0.3) is 0 Å². The van der Waals surface area contributed by atoms with Crippen molar-refractivity contribution < 1.29 is 4.74 Å². The van der Waals surface area contributed by atoms with Gasteiger partial charge in [-0.25, -0.2) is 4.68 Å². The van der Waals surface area contributed by atoms with E-state index in [0.29, 0.717) is 6.04 Å². The number of aromatic nitrogens is 4. The normalized spacial score (nSPS) is 22.5. The van der Waals surface area contributed by atoms with Crippen molar-refractivity contribution in [3.05, 3.63) is 41.7 Å². The molecule has 152 valence electrons. The number of benzene rings is 1. The summed E-state index contributed by atoms with van der Waals surface area (Å²) in [4.78, 5) is 5.12. The quantitative estimate of drug-likeness (QED) is 0.697. The number of ether oxygens (including phenoxy) is 1. The summed E-state index contributed by atoms with van der Waals surface area (Å²) >= 11 is 0. The van der Waals surface area contributed by atoms with Crippen molar-refractivity contribution in [1.82, 2.24) is 30.0 Å². The van der Waals surface area contributed by atoms with Crippen molar-refractivity contribution in [1.29, 1.82) is 0 Å². The number of nitrogens with zero attached hydrogens (tertiary/aromatic N) is 6. The van der Waals surface area contributed by atoms with Crippen molar-refractivity contribution in [3.8, 4) is 0 Å². The van der Waals surface area contributed by atoms with Crippen LogP contribution in [-0.2, 0) is 17.8 Å². The zero-order chi connectivity index (χ0) is 19.2. The second-order valence-electron chi connectivity index (χ2n) is 7.96. The standard InChI is InChI=1S/C21H32N6O/c1-2-7-20(21-22-23-24-27(21)17-19-10-6-15-28-19)26-13-11-25(12-14-26)16-18-8-4-3-5-9-18/h3-5,8-9,19-20H,2,6-7,10-17H2,1H3/t19-,20-/m0/s1. The summed E-state index contributed by atoms with van der Waals surface area (Å²) < 4.78 is 7.79. The first-order valence-electron chi connectivity index (χ1n) is 10.7. The summed E-state index contributed by atoms with van der Waals surface area (Å²) in [6, 6.07) is 11.0. The molecule has 0 radical (unpaired) electrons. The van der Waals surface area contributed by atoms with Gasteiger partial charge in [-0.1, -0.05) is 43.7 Å². The van der Waals surface area contributed by atoms with Crippen molar-refractivity contribution in [2.75, 3.05) is 32.8 Å². The van der Waals surface area contributed by atoms with Gasteiger partial charge in [-0.2, -0.15) is 0 Å². The first-order valence-corrected chi connectivity index (χ1v) is 10.7. The average Bonchev–Trinajstić information content (AvgIpc) is 3.40. The van der Waals surface area contributed by atoms with Gasteiger partial charge in [0.1, 0.15) is 0 Å². The van der Waals surface area contributed by atoms with Gasteiger partial charge in [0.15, 0.2) is 5.82 Å². The molecule has 0 N–H and O–H groups in total. The number of hydrogen-bond acceptors (Lipinski definition) is 6. The molecule has 1 aromatic heterocycles. The van der Waals surface area contributed by atoms with E-state index in [4.69, 9.17) is 4.74 Å². The van der Waals surface area contributed by atoms with E-state index in [0.717, 1.165) is 77.4 Å². The van der Waals surface area contributed by atoms with Crippen LogP contribution in [0.15, 0.2) is 30.3 Å². The van der Waals surface area contributed by atoms with E-state index in [-0.39, 0.29) is 6.10 Å². The van der Waals surface area contributed by atoms with Gasteiger partial charge >= 0.3 is 0 Å². The predicted molar refractivity (Wildman–Crippen MR) is 108 cm³/mol. The maximum absolute atomic E-state index is 5.80. The second-order valence-corrected chi connectivity index (χ2v) is 7.96. The molecule has 2 aliphatic heterocycles. The fourth-order valence-corrected chi connectivity index (χ4v) is 4.38. The zero-order valence-electron chi connectivity index (χ0n) is 16.9. The molecule has 2 saturated heterocycles. The number of piperazine rings is 1. The van der Waals surface area contributed by atoms with E-state index in [1.807, 2.05) is 4.68 Å². The van der Waals surface area contributed by atoms with E-state index in [2.05, 4.69) is 62.6 Å². The molecule has 2 fully saturated rings. The second kappa shape index (κ2) is 9.58. The Hall–Kier alpha value is -1.83. The zero-order valence-corrected chi connectivity index (χ0v) is 16.9. The van der Waals surface area contributed by atoms with Crippen LogP contribution in [0.3, 0.4) is 0 Å². The number of rotatable bonds is 8. The molecule has 4 rings (SSSR count). The predicted octanol–water partition coefficient (Wildman–Crippen LogP) is 2.51. The van der Waals surface area contributed by atoms with Crippen LogP contribution in [0.4, 0.5) is 0 Å². The lowest BCUT2D eigenvalue weighted by Gasteiger charge is -2.38. The van der Waals surface area contributed by atoms with Crippen LogP contribution in [0, 0.1) is 0 Å². The molecule has 2 aliphatic rings. The fraction of sp³-hybridized carbons (Fsp3) is 0.667. The van der Waals surface area contributed by atoms with Gasteiger partial charge in [-0.05, 0) is 35.3 Å². The third-order valence-corrected chi connectivity index (χ3v) is 5.92. The highest BCUT2D eigenvalue weighted by Gasteiger charge is 2.29. The maximum Gasteiger partial charge on any atom is 0.168 e. The van der Waals surface area contributed by atoms with Crippen LogP contribution >= 0.6 is 0 Å². The molecule has 0 saturated carbocycles. The molecule has 28 heavy (non-hydrogen) atoms. The molecule has 0 aliphatic carbocycles. The lowest BCUT2D eigenvalue weighted by molar-refractivity contribution is 0.0735. The maximum atomic E-state index is 5.80. The van der Waals surface area contributed by atoms with Gasteiger partial charge in [0.05, 0.1) is 18.7 Å². The molecule has 7 heteroatoms. The summed E-state index contributed by atoms with van der Waals surface area (Å²) in [5.74, 6) is 1.01. The van der Waals surface area contributed by atoms with Gasteiger partial charge in [0.25, 0.3) is 0 Å². The fourth-order valence-electron chi connectivity index (χ4n) is 4.38. The first-order chi connectivity index (χ1) is 13.8. The molecular formula is C21H32N6O. The lowest BCUT2D eigenvalue weighted by atomic mass is 10.1. The molecule has 1 aromatic carbocycles. The van der Waals surface area contributed by atoms with Gasteiger partial charge in [-0.15, -0.1) is 5.10 Å². The lowest BCUT2D eigenvalue weighted by Crippen LogP contribution is -2.47.